The number of rotatable bonds is 7. The number of furan rings is 1. The van der Waals surface area contributed by atoms with Crippen molar-refractivity contribution in [2.24, 2.45) is 0 Å². The molecular weight excluding hydrogens is 472 g/mol. The van der Waals surface area contributed by atoms with Crippen LogP contribution in [0.2, 0.25) is 0 Å². The number of hydrogen-bond donors (Lipinski definition) is 2. The molecule has 0 atom stereocenters. The number of alkyl halides is 3. The molecule has 0 saturated heterocycles. The lowest BCUT2D eigenvalue weighted by Crippen LogP contribution is -2.18. The van der Waals surface area contributed by atoms with Crippen LogP contribution in [0.5, 0.6) is 0 Å². The molecule has 0 radical (unpaired) electrons. The zero-order chi connectivity index (χ0) is 25.0. The third kappa shape index (κ3) is 5.91. The van der Waals surface area contributed by atoms with Crippen molar-refractivity contribution in [3.05, 3.63) is 83.9 Å². The Morgan fingerprint density at radius 2 is 1.77 bits per heavy atom. The molecule has 2 amide bonds. The standard InChI is InChI=1S/C23H16F4N4O4/c24-14-5-3-13(4-6-14)21-30-20(35-31-21)10-9-19(32)29-17-8-7-15(12-16(17)23(25,26)27)28-22(33)18-2-1-11-34-18/h1-8,11-12H,9-10H2,(H,28,33)(H,29,32). The number of carbonyl (C=O) groups is 2. The van der Waals surface area contributed by atoms with Gasteiger partial charge in [-0.3, -0.25) is 9.59 Å². The number of halogens is 4. The van der Waals surface area contributed by atoms with Crippen molar-refractivity contribution >= 4 is 23.2 Å². The summed E-state index contributed by atoms with van der Waals surface area (Å²) < 4.78 is 63.8. The maximum atomic E-state index is 13.6. The maximum absolute atomic E-state index is 13.6. The molecule has 2 N–H and O–H groups in total. The second-order valence-electron chi connectivity index (χ2n) is 7.26. The number of carbonyl (C=O) groups excluding carboxylic acids is 2. The Morgan fingerprint density at radius 3 is 2.46 bits per heavy atom. The quantitative estimate of drug-likeness (QED) is 0.341. The van der Waals surface area contributed by atoms with E-state index in [1.165, 1.54) is 48.7 Å². The fourth-order valence-corrected chi connectivity index (χ4v) is 3.07. The lowest BCUT2D eigenvalue weighted by atomic mass is 10.1. The van der Waals surface area contributed by atoms with Crippen LogP contribution in [0.1, 0.15) is 28.4 Å². The van der Waals surface area contributed by atoms with E-state index in [-0.39, 0.29) is 36.0 Å². The van der Waals surface area contributed by atoms with Crippen LogP contribution in [0.15, 0.2) is 69.8 Å². The first-order valence-corrected chi connectivity index (χ1v) is 10.1. The maximum Gasteiger partial charge on any atom is 0.418 e. The molecule has 0 fully saturated rings. The SMILES string of the molecule is O=C(CCc1nc(-c2ccc(F)cc2)no1)Nc1ccc(NC(=O)c2ccco2)cc1C(F)(F)F. The van der Waals surface area contributed by atoms with Gasteiger partial charge in [-0.05, 0) is 54.6 Å². The first-order chi connectivity index (χ1) is 16.7. The number of nitrogens with zero attached hydrogens (tertiary/aromatic N) is 2. The Hall–Kier alpha value is -4.48. The third-order valence-electron chi connectivity index (χ3n) is 4.74. The van der Waals surface area contributed by atoms with Gasteiger partial charge in [-0.25, -0.2) is 4.39 Å². The number of amides is 2. The van der Waals surface area contributed by atoms with Crippen LogP contribution in [-0.4, -0.2) is 22.0 Å². The minimum atomic E-state index is -4.80. The number of nitrogens with one attached hydrogen (secondary N) is 2. The Balaban J connectivity index is 1.41. The number of hydrogen-bond acceptors (Lipinski definition) is 6. The lowest BCUT2D eigenvalue weighted by Gasteiger charge is -2.15. The van der Waals surface area contributed by atoms with Crippen LogP contribution in [0, 0.1) is 5.82 Å². The molecule has 12 heteroatoms. The van der Waals surface area contributed by atoms with Gasteiger partial charge < -0.3 is 19.6 Å². The first kappa shape index (κ1) is 23.7. The summed E-state index contributed by atoms with van der Waals surface area (Å²) in [6.45, 7) is 0. The largest absolute Gasteiger partial charge is 0.459 e. The van der Waals surface area contributed by atoms with Crippen molar-refractivity contribution in [3.8, 4) is 11.4 Å². The van der Waals surface area contributed by atoms with E-state index in [0.29, 0.717) is 11.6 Å². The van der Waals surface area contributed by atoms with Gasteiger partial charge in [0, 0.05) is 24.1 Å². The van der Waals surface area contributed by atoms with Crippen LogP contribution in [0.4, 0.5) is 28.9 Å². The van der Waals surface area contributed by atoms with Gasteiger partial charge in [0.15, 0.2) is 5.76 Å². The summed E-state index contributed by atoms with van der Waals surface area (Å²) in [5, 5.41) is 8.27. The molecule has 35 heavy (non-hydrogen) atoms. The molecule has 0 bridgehead atoms. The predicted molar refractivity (Wildman–Crippen MR) is 115 cm³/mol. The van der Waals surface area contributed by atoms with E-state index in [0.717, 1.165) is 6.07 Å². The molecule has 2 aromatic heterocycles. The van der Waals surface area contributed by atoms with E-state index >= 15 is 0 Å². The van der Waals surface area contributed by atoms with Crippen LogP contribution in [-0.2, 0) is 17.4 Å². The van der Waals surface area contributed by atoms with Gasteiger partial charge in [-0.15, -0.1) is 0 Å². The van der Waals surface area contributed by atoms with Crippen molar-refractivity contribution in [2.45, 2.75) is 19.0 Å². The highest BCUT2D eigenvalue weighted by Gasteiger charge is 2.34. The molecule has 0 aliphatic rings. The summed E-state index contributed by atoms with van der Waals surface area (Å²) in [4.78, 5) is 28.4. The summed E-state index contributed by atoms with van der Waals surface area (Å²) in [5.41, 5.74) is -1.24. The predicted octanol–water partition coefficient (Wildman–Crippen LogP) is 5.31. The molecule has 180 valence electrons. The number of anilines is 2. The summed E-state index contributed by atoms with van der Waals surface area (Å²) in [7, 11) is 0. The van der Waals surface area contributed by atoms with Crippen molar-refractivity contribution < 1.29 is 36.1 Å². The van der Waals surface area contributed by atoms with E-state index in [4.69, 9.17) is 8.94 Å². The normalized spacial score (nSPS) is 11.3. The highest BCUT2D eigenvalue weighted by atomic mass is 19.4. The Morgan fingerprint density at radius 1 is 1.00 bits per heavy atom. The van der Waals surface area contributed by atoms with Gasteiger partial charge in [0.2, 0.25) is 17.6 Å². The van der Waals surface area contributed by atoms with Gasteiger partial charge >= 0.3 is 6.18 Å². The Bertz CT molecular complexity index is 1330. The molecule has 0 aliphatic heterocycles. The van der Waals surface area contributed by atoms with Crippen LogP contribution < -0.4 is 10.6 Å². The molecule has 4 aromatic rings. The molecular formula is C23H16F4N4O4. The van der Waals surface area contributed by atoms with Crippen molar-refractivity contribution in [2.75, 3.05) is 10.6 Å². The highest BCUT2D eigenvalue weighted by Crippen LogP contribution is 2.37. The first-order valence-electron chi connectivity index (χ1n) is 10.1. The minimum absolute atomic E-state index is 0.0291. The molecule has 0 spiro atoms. The smallest absolute Gasteiger partial charge is 0.418 e. The van der Waals surface area contributed by atoms with Crippen LogP contribution >= 0.6 is 0 Å². The second kappa shape index (κ2) is 9.79. The van der Waals surface area contributed by atoms with Crippen molar-refractivity contribution in [3.63, 3.8) is 0 Å². The van der Waals surface area contributed by atoms with E-state index in [1.807, 2.05) is 0 Å². The van der Waals surface area contributed by atoms with Crippen molar-refractivity contribution in [1.29, 1.82) is 0 Å². The topological polar surface area (TPSA) is 110 Å². The fourth-order valence-electron chi connectivity index (χ4n) is 3.07. The Labute approximate surface area is 194 Å². The van der Waals surface area contributed by atoms with E-state index < -0.39 is 35.1 Å². The summed E-state index contributed by atoms with van der Waals surface area (Å²) >= 11 is 0. The molecule has 2 heterocycles. The van der Waals surface area contributed by atoms with Crippen LogP contribution in [0.25, 0.3) is 11.4 Å². The van der Waals surface area contributed by atoms with Crippen LogP contribution in [0.3, 0.4) is 0 Å². The fraction of sp³-hybridized carbons (Fsp3) is 0.130. The van der Waals surface area contributed by atoms with Gasteiger partial charge in [0.25, 0.3) is 5.91 Å². The van der Waals surface area contributed by atoms with Gasteiger partial charge in [-0.1, -0.05) is 5.16 Å². The zero-order valence-electron chi connectivity index (χ0n) is 17.7. The summed E-state index contributed by atoms with van der Waals surface area (Å²) in [6.07, 6.45) is -3.81. The Kier molecular flexibility index (Phi) is 6.62. The zero-order valence-corrected chi connectivity index (χ0v) is 17.7. The van der Waals surface area contributed by atoms with E-state index in [9.17, 15) is 27.2 Å². The molecule has 8 nitrogen and oxygen atoms in total. The molecule has 0 unspecified atom stereocenters. The highest BCUT2D eigenvalue weighted by molar-refractivity contribution is 6.02. The van der Waals surface area contributed by atoms with Gasteiger partial charge in [0.05, 0.1) is 17.5 Å². The van der Waals surface area contributed by atoms with E-state index in [1.54, 1.807) is 0 Å². The lowest BCUT2D eigenvalue weighted by molar-refractivity contribution is -0.136. The van der Waals surface area contributed by atoms with Gasteiger partial charge in [-0.2, -0.15) is 18.2 Å². The molecule has 0 saturated carbocycles. The second-order valence-corrected chi connectivity index (χ2v) is 7.26. The number of aromatic nitrogens is 2. The number of aryl methyl sites for hydroxylation is 1. The minimum Gasteiger partial charge on any atom is -0.459 e. The van der Waals surface area contributed by atoms with Gasteiger partial charge in [0.1, 0.15) is 5.82 Å². The molecule has 0 aliphatic carbocycles. The van der Waals surface area contributed by atoms with E-state index in [2.05, 4.69) is 20.8 Å². The third-order valence-corrected chi connectivity index (χ3v) is 4.74. The van der Waals surface area contributed by atoms with Crippen molar-refractivity contribution in [1.82, 2.24) is 10.1 Å². The summed E-state index contributed by atoms with van der Waals surface area (Å²) in [6, 6.07) is 11.2. The average Bonchev–Trinajstić information content (AvgIpc) is 3.51. The molecule has 2 aromatic carbocycles. The monoisotopic (exact) mass is 488 g/mol. The average molecular weight is 488 g/mol. The number of benzene rings is 2. The molecule has 4 rings (SSSR count). The summed E-state index contributed by atoms with van der Waals surface area (Å²) in [5.74, 6) is -1.66.